The second-order valence-electron chi connectivity index (χ2n) is 7.71. The molecule has 0 aliphatic carbocycles. The van der Waals surface area contributed by atoms with Gasteiger partial charge in [-0.3, -0.25) is 4.90 Å². The van der Waals surface area contributed by atoms with E-state index in [4.69, 9.17) is 4.74 Å². The van der Waals surface area contributed by atoms with Gasteiger partial charge in [0.05, 0.1) is 5.75 Å². The molecule has 1 unspecified atom stereocenters. The van der Waals surface area contributed by atoms with E-state index < -0.39 is 21.5 Å². The van der Waals surface area contributed by atoms with E-state index >= 15 is 0 Å². The summed E-state index contributed by atoms with van der Waals surface area (Å²) >= 11 is 0. The zero-order chi connectivity index (χ0) is 20.1. The molecule has 0 spiro atoms. The van der Waals surface area contributed by atoms with Crippen LogP contribution in [0.3, 0.4) is 0 Å². The number of nitrogens with zero attached hydrogens (tertiary/aromatic N) is 2. The van der Waals surface area contributed by atoms with Crippen molar-refractivity contribution >= 4 is 15.5 Å². The molecule has 2 heterocycles. The van der Waals surface area contributed by atoms with Gasteiger partial charge in [0.15, 0.2) is 15.7 Å². The standard InChI is InChI=1S/C19H29F2N3O3S/c1-28(25,26)10-9-27-18-12-16(20)11-17(21)19(18)24-7-5-23(6-8-24)14-15-3-2-4-22-13-15/h11-12,15,22H,2-10,13-14H2,1H3. The van der Waals surface area contributed by atoms with Crippen molar-refractivity contribution in [2.24, 2.45) is 5.92 Å². The molecule has 2 saturated heterocycles. The smallest absolute Gasteiger partial charge is 0.153 e. The largest absolute Gasteiger partial charge is 0.490 e. The van der Waals surface area contributed by atoms with Crippen molar-refractivity contribution in [3.8, 4) is 5.75 Å². The Morgan fingerprint density at radius 3 is 2.61 bits per heavy atom. The van der Waals surface area contributed by atoms with Crippen LogP contribution in [0.2, 0.25) is 0 Å². The molecule has 0 aromatic heterocycles. The lowest BCUT2D eigenvalue weighted by molar-refractivity contribution is 0.198. The van der Waals surface area contributed by atoms with Crippen LogP contribution in [0, 0.1) is 17.6 Å². The summed E-state index contributed by atoms with van der Waals surface area (Å²) in [5.74, 6) is -0.907. The first-order valence-electron chi connectivity index (χ1n) is 9.79. The molecule has 158 valence electrons. The molecule has 1 N–H and O–H groups in total. The Morgan fingerprint density at radius 1 is 1.21 bits per heavy atom. The molecular weight excluding hydrogens is 388 g/mol. The van der Waals surface area contributed by atoms with Crippen LogP contribution in [-0.4, -0.2) is 77.7 Å². The van der Waals surface area contributed by atoms with Gasteiger partial charge in [-0.15, -0.1) is 0 Å². The van der Waals surface area contributed by atoms with Crippen molar-refractivity contribution in [3.63, 3.8) is 0 Å². The van der Waals surface area contributed by atoms with Crippen molar-refractivity contribution < 1.29 is 21.9 Å². The maximum absolute atomic E-state index is 14.5. The van der Waals surface area contributed by atoms with Crippen molar-refractivity contribution in [1.29, 1.82) is 0 Å². The molecule has 0 radical (unpaired) electrons. The molecule has 28 heavy (non-hydrogen) atoms. The van der Waals surface area contributed by atoms with E-state index in [-0.39, 0.29) is 23.8 Å². The summed E-state index contributed by atoms with van der Waals surface area (Å²) in [5, 5.41) is 3.43. The highest BCUT2D eigenvalue weighted by molar-refractivity contribution is 7.90. The minimum Gasteiger partial charge on any atom is -0.490 e. The van der Waals surface area contributed by atoms with E-state index in [2.05, 4.69) is 10.2 Å². The van der Waals surface area contributed by atoms with Gasteiger partial charge in [-0.2, -0.15) is 0 Å². The maximum atomic E-state index is 14.5. The molecule has 2 aliphatic heterocycles. The van der Waals surface area contributed by atoms with E-state index in [1.165, 1.54) is 12.8 Å². The molecule has 2 fully saturated rings. The van der Waals surface area contributed by atoms with Crippen LogP contribution in [0.15, 0.2) is 12.1 Å². The van der Waals surface area contributed by atoms with Crippen molar-refractivity contribution in [2.75, 3.05) is 69.3 Å². The molecule has 2 aliphatic rings. The lowest BCUT2D eigenvalue weighted by Gasteiger charge is -2.38. The minimum absolute atomic E-state index is 0.0612. The van der Waals surface area contributed by atoms with Gasteiger partial charge in [0.2, 0.25) is 0 Å². The van der Waals surface area contributed by atoms with Crippen LogP contribution >= 0.6 is 0 Å². The number of sulfone groups is 1. The highest BCUT2D eigenvalue weighted by Gasteiger charge is 2.25. The predicted molar refractivity (Wildman–Crippen MR) is 106 cm³/mol. The third kappa shape index (κ3) is 6.02. The van der Waals surface area contributed by atoms with Gasteiger partial charge in [-0.05, 0) is 31.8 Å². The second kappa shape index (κ2) is 9.37. The van der Waals surface area contributed by atoms with Crippen LogP contribution in [0.4, 0.5) is 14.5 Å². The highest BCUT2D eigenvalue weighted by atomic mass is 32.2. The van der Waals surface area contributed by atoms with Gasteiger partial charge in [-0.25, -0.2) is 17.2 Å². The molecule has 1 atom stereocenters. The Morgan fingerprint density at radius 2 is 1.96 bits per heavy atom. The molecule has 0 saturated carbocycles. The number of piperazine rings is 1. The summed E-state index contributed by atoms with van der Waals surface area (Å²) in [7, 11) is -3.21. The third-order valence-electron chi connectivity index (χ3n) is 5.31. The number of rotatable bonds is 7. The Balaban J connectivity index is 1.62. The minimum atomic E-state index is -3.21. The summed E-state index contributed by atoms with van der Waals surface area (Å²) in [6.07, 6.45) is 3.54. The number of anilines is 1. The van der Waals surface area contributed by atoms with E-state index in [1.54, 1.807) is 0 Å². The summed E-state index contributed by atoms with van der Waals surface area (Å²) in [6, 6.07) is 1.97. The van der Waals surface area contributed by atoms with Crippen LogP contribution in [0.1, 0.15) is 12.8 Å². The monoisotopic (exact) mass is 417 g/mol. The highest BCUT2D eigenvalue weighted by Crippen LogP contribution is 2.33. The molecule has 9 heteroatoms. The normalized spacial score (nSPS) is 21.7. The van der Waals surface area contributed by atoms with Crippen LogP contribution in [0.5, 0.6) is 5.75 Å². The van der Waals surface area contributed by atoms with Crippen molar-refractivity contribution in [1.82, 2.24) is 10.2 Å². The fraction of sp³-hybridized carbons (Fsp3) is 0.684. The zero-order valence-corrected chi connectivity index (χ0v) is 17.1. The van der Waals surface area contributed by atoms with Crippen molar-refractivity contribution in [2.45, 2.75) is 12.8 Å². The number of benzene rings is 1. The Kier molecular flexibility index (Phi) is 7.11. The van der Waals surface area contributed by atoms with Crippen molar-refractivity contribution in [3.05, 3.63) is 23.8 Å². The van der Waals surface area contributed by atoms with Crippen LogP contribution in [0.25, 0.3) is 0 Å². The number of hydrogen-bond donors (Lipinski definition) is 1. The lowest BCUT2D eigenvalue weighted by Crippen LogP contribution is -2.49. The zero-order valence-electron chi connectivity index (χ0n) is 16.3. The molecular formula is C19H29F2N3O3S. The Hall–Kier alpha value is -1.45. The van der Waals surface area contributed by atoms with Gasteiger partial charge in [0.1, 0.15) is 23.9 Å². The fourth-order valence-corrected chi connectivity index (χ4v) is 4.25. The topological polar surface area (TPSA) is 61.9 Å². The quantitative estimate of drug-likeness (QED) is 0.726. The first-order chi connectivity index (χ1) is 13.3. The van der Waals surface area contributed by atoms with Gasteiger partial charge in [0, 0.05) is 51.1 Å². The average molecular weight is 418 g/mol. The van der Waals surface area contributed by atoms with E-state index in [1.807, 2.05) is 4.90 Å². The molecule has 1 aromatic rings. The number of piperidine rings is 1. The first kappa shape index (κ1) is 21.3. The summed E-state index contributed by atoms with van der Waals surface area (Å²) in [6.45, 7) is 5.87. The van der Waals surface area contributed by atoms with Gasteiger partial charge < -0.3 is 15.0 Å². The fourth-order valence-electron chi connectivity index (χ4n) is 3.86. The molecule has 3 rings (SSSR count). The van der Waals surface area contributed by atoms with Gasteiger partial charge in [-0.1, -0.05) is 0 Å². The number of nitrogens with one attached hydrogen (secondary N) is 1. The summed E-state index contributed by atoms with van der Waals surface area (Å²) in [5.41, 5.74) is 0.217. The molecule has 1 aromatic carbocycles. The van der Waals surface area contributed by atoms with Gasteiger partial charge in [0.25, 0.3) is 0 Å². The number of halogens is 2. The first-order valence-corrected chi connectivity index (χ1v) is 11.9. The molecule has 0 bridgehead atoms. The Bertz CT molecular complexity index is 762. The molecule has 6 nitrogen and oxygen atoms in total. The lowest BCUT2D eigenvalue weighted by atomic mass is 9.99. The van der Waals surface area contributed by atoms with E-state index in [0.717, 1.165) is 51.1 Å². The van der Waals surface area contributed by atoms with Gasteiger partial charge >= 0.3 is 0 Å². The van der Waals surface area contributed by atoms with Crippen LogP contribution in [-0.2, 0) is 9.84 Å². The summed E-state index contributed by atoms with van der Waals surface area (Å²) < 4.78 is 56.3. The number of ether oxygens (including phenoxy) is 1. The SMILES string of the molecule is CS(=O)(=O)CCOc1cc(F)cc(F)c1N1CCN(CC2CCCNC2)CC1. The molecule has 0 amide bonds. The van der Waals surface area contributed by atoms with E-state index in [0.29, 0.717) is 19.0 Å². The second-order valence-corrected chi connectivity index (χ2v) is 9.97. The third-order valence-corrected chi connectivity index (χ3v) is 6.22. The Labute approximate surface area is 165 Å². The predicted octanol–water partition coefficient (Wildman–Crippen LogP) is 1.51. The summed E-state index contributed by atoms with van der Waals surface area (Å²) in [4.78, 5) is 4.25. The van der Waals surface area contributed by atoms with E-state index in [9.17, 15) is 17.2 Å². The number of hydrogen-bond acceptors (Lipinski definition) is 6. The average Bonchev–Trinajstić information content (AvgIpc) is 2.62. The van der Waals surface area contributed by atoms with Crippen LogP contribution < -0.4 is 15.0 Å². The maximum Gasteiger partial charge on any atom is 0.153 e.